The Labute approximate surface area is 163 Å². The molecule has 1 aromatic carbocycles. The summed E-state index contributed by atoms with van der Waals surface area (Å²) in [5.74, 6) is 0.188. The Morgan fingerprint density at radius 1 is 1.22 bits per heavy atom. The molecule has 3 aromatic rings. The summed E-state index contributed by atoms with van der Waals surface area (Å²) in [5, 5.41) is 5.53. The predicted octanol–water partition coefficient (Wildman–Crippen LogP) is 3.55. The number of carbonyl (C=O) groups is 1. The summed E-state index contributed by atoms with van der Waals surface area (Å²) in [7, 11) is 1.94. The van der Waals surface area contributed by atoms with E-state index in [4.69, 9.17) is 4.98 Å². The third-order valence-electron chi connectivity index (χ3n) is 5.03. The molecule has 7 heteroatoms. The lowest BCUT2D eigenvalue weighted by Gasteiger charge is -2.28. The molecule has 0 radical (unpaired) electrons. The number of nitrogens with zero attached hydrogens (tertiary/aromatic N) is 5. The first-order chi connectivity index (χ1) is 13.0. The average Bonchev–Trinajstić information content (AvgIpc) is 3.23. The number of hydrogen-bond donors (Lipinski definition) is 0. The van der Waals surface area contributed by atoms with Gasteiger partial charge in [0.05, 0.1) is 22.6 Å². The Balaban J connectivity index is 1.59. The zero-order valence-electron chi connectivity index (χ0n) is 16.1. The van der Waals surface area contributed by atoms with Gasteiger partial charge in [0.2, 0.25) is 5.91 Å². The first-order valence-electron chi connectivity index (χ1n) is 9.45. The van der Waals surface area contributed by atoms with Gasteiger partial charge in [0, 0.05) is 20.1 Å². The second-order valence-corrected chi connectivity index (χ2v) is 8.26. The minimum absolute atomic E-state index is 0.188. The van der Waals surface area contributed by atoms with Crippen LogP contribution in [0, 0.1) is 13.8 Å². The molecule has 1 saturated heterocycles. The van der Waals surface area contributed by atoms with Gasteiger partial charge in [-0.15, -0.1) is 0 Å². The van der Waals surface area contributed by atoms with E-state index in [9.17, 15) is 4.79 Å². The van der Waals surface area contributed by atoms with Crippen LogP contribution in [0.5, 0.6) is 0 Å². The van der Waals surface area contributed by atoms with Crippen molar-refractivity contribution in [3.63, 3.8) is 0 Å². The molecule has 3 heterocycles. The van der Waals surface area contributed by atoms with Crippen molar-refractivity contribution in [2.45, 2.75) is 33.1 Å². The minimum Gasteiger partial charge on any atom is -0.342 e. The highest BCUT2D eigenvalue weighted by Gasteiger charge is 2.21. The van der Waals surface area contributed by atoms with Gasteiger partial charge in [-0.2, -0.15) is 10.1 Å². The highest BCUT2D eigenvalue weighted by atomic mass is 32.1. The molecule has 2 aromatic heterocycles. The third-order valence-corrected chi connectivity index (χ3v) is 6.30. The highest BCUT2D eigenvalue weighted by molar-refractivity contribution is 7.22. The molecule has 0 bridgehead atoms. The van der Waals surface area contributed by atoms with Crippen molar-refractivity contribution in [3.05, 3.63) is 35.5 Å². The van der Waals surface area contributed by atoms with E-state index >= 15 is 0 Å². The van der Waals surface area contributed by atoms with Crippen molar-refractivity contribution < 1.29 is 4.79 Å². The van der Waals surface area contributed by atoms with Crippen molar-refractivity contribution in [1.82, 2.24) is 19.7 Å². The fourth-order valence-electron chi connectivity index (χ4n) is 3.54. The van der Waals surface area contributed by atoms with Crippen LogP contribution < -0.4 is 4.90 Å². The molecule has 1 amide bonds. The zero-order chi connectivity index (χ0) is 19.0. The molecule has 0 aliphatic carbocycles. The smallest absolute Gasteiger partial charge is 0.242 e. The molecular weight excluding hydrogens is 358 g/mol. The summed E-state index contributed by atoms with van der Waals surface area (Å²) < 4.78 is 2.97. The van der Waals surface area contributed by atoms with Crippen LogP contribution in [0.2, 0.25) is 0 Å². The molecule has 0 spiro atoms. The van der Waals surface area contributed by atoms with Gasteiger partial charge < -0.3 is 9.80 Å². The predicted molar refractivity (Wildman–Crippen MR) is 110 cm³/mol. The summed E-state index contributed by atoms with van der Waals surface area (Å²) in [6.45, 7) is 6.22. The molecule has 0 N–H and O–H groups in total. The number of anilines is 1. The van der Waals surface area contributed by atoms with Crippen molar-refractivity contribution in [2.75, 3.05) is 31.6 Å². The Morgan fingerprint density at radius 2 is 2.00 bits per heavy atom. The maximum absolute atomic E-state index is 12.6. The molecule has 142 valence electrons. The minimum atomic E-state index is 0.188. The molecule has 1 aliphatic rings. The Morgan fingerprint density at radius 3 is 2.74 bits per heavy atom. The number of piperidine rings is 1. The van der Waals surface area contributed by atoms with Gasteiger partial charge >= 0.3 is 0 Å². The fraction of sp³-hybridized carbons (Fsp3) is 0.450. The summed E-state index contributed by atoms with van der Waals surface area (Å²) >= 11 is 1.60. The van der Waals surface area contributed by atoms with Crippen LogP contribution >= 0.6 is 11.3 Å². The van der Waals surface area contributed by atoms with Crippen LogP contribution in [0.25, 0.3) is 16.0 Å². The van der Waals surface area contributed by atoms with Crippen molar-refractivity contribution in [1.29, 1.82) is 0 Å². The van der Waals surface area contributed by atoms with Crippen LogP contribution in [0.15, 0.2) is 24.3 Å². The van der Waals surface area contributed by atoms with Crippen LogP contribution in [-0.4, -0.2) is 52.3 Å². The number of benzene rings is 1. The number of aryl methyl sites for hydroxylation is 2. The topological polar surface area (TPSA) is 54.3 Å². The molecule has 27 heavy (non-hydrogen) atoms. The number of fused-ring (bicyclic) bond motifs is 1. The Kier molecular flexibility index (Phi) is 4.86. The zero-order valence-corrected chi connectivity index (χ0v) is 16.9. The maximum atomic E-state index is 12.6. The molecule has 1 aliphatic heterocycles. The van der Waals surface area contributed by atoms with Crippen LogP contribution in [0.3, 0.4) is 0 Å². The van der Waals surface area contributed by atoms with E-state index < -0.39 is 0 Å². The molecule has 0 unspecified atom stereocenters. The SMILES string of the molecule is Cc1cccc(-n2nc(C)c3sc(N(C)CC(=O)N4CCCCC4)nc32)c1. The number of hydrogen-bond acceptors (Lipinski definition) is 5. The summed E-state index contributed by atoms with van der Waals surface area (Å²) in [4.78, 5) is 21.3. The quantitative estimate of drug-likeness (QED) is 0.691. The lowest BCUT2D eigenvalue weighted by molar-refractivity contribution is -0.130. The fourth-order valence-corrected chi connectivity index (χ4v) is 4.49. The molecule has 0 saturated carbocycles. The molecule has 6 nitrogen and oxygen atoms in total. The van der Waals surface area contributed by atoms with Gasteiger partial charge in [-0.05, 0) is 50.8 Å². The standard InChI is InChI=1S/C20H25N5OS/c1-14-8-7-9-16(12-14)25-19-18(15(2)22-25)27-20(21-19)23(3)13-17(26)24-10-5-4-6-11-24/h7-9,12H,4-6,10-11,13H2,1-3H3. The number of aromatic nitrogens is 3. The summed E-state index contributed by atoms with van der Waals surface area (Å²) in [6, 6.07) is 8.25. The summed E-state index contributed by atoms with van der Waals surface area (Å²) in [6.07, 6.45) is 3.45. The molecule has 1 fully saturated rings. The monoisotopic (exact) mass is 383 g/mol. The second kappa shape index (κ2) is 7.31. The van der Waals surface area contributed by atoms with Gasteiger partial charge in [-0.3, -0.25) is 4.79 Å². The Bertz CT molecular complexity index is 970. The largest absolute Gasteiger partial charge is 0.342 e. The van der Waals surface area contributed by atoms with E-state index in [0.29, 0.717) is 6.54 Å². The lowest BCUT2D eigenvalue weighted by atomic mass is 10.1. The third kappa shape index (κ3) is 3.56. The first-order valence-corrected chi connectivity index (χ1v) is 10.3. The van der Waals surface area contributed by atoms with Crippen molar-refractivity contribution in [3.8, 4) is 5.69 Å². The van der Waals surface area contributed by atoms with Gasteiger partial charge in [-0.25, -0.2) is 4.68 Å². The number of amides is 1. The van der Waals surface area contributed by atoms with E-state index in [1.54, 1.807) is 11.3 Å². The molecule has 4 rings (SSSR count). The molecular formula is C20H25N5OS. The molecule has 0 atom stereocenters. The van der Waals surface area contributed by atoms with Gasteiger partial charge in [0.1, 0.15) is 0 Å². The first kappa shape index (κ1) is 18.0. The van der Waals surface area contributed by atoms with Gasteiger partial charge in [0.25, 0.3) is 0 Å². The van der Waals surface area contributed by atoms with E-state index in [-0.39, 0.29) is 5.91 Å². The number of rotatable bonds is 4. The van der Waals surface area contributed by atoms with Crippen LogP contribution in [0.1, 0.15) is 30.5 Å². The number of carbonyl (C=O) groups excluding carboxylic acids is 1. The normalized spacial score (nSPS) is 14.7. The van der Waals surface area contributed by atoms with Gasteiger partial charge in [0.15, 0.2) is 10.8 Å². The van der Waals surface area contributed by atoms with E-state index in [0.717, 1.165) is 52.8 Å². The number of thiazole rings is 1. The number of likely N-dealkylation sites (N-methyl/N-ethyl adjacent to an activating group) is 1. The second-order valence-electron chi connectivity index (χ2n) is 7.28. The Hall–Kier alpha value is -2.41. The average molecular weight is 384 g/mol. The van der Waals surface area contributed by atoms with Gasteiger partial charge in [-0.1, -0.05) is 23.5 Å². The van der Waals surface area contributed by atoms with E-state index in [1.807, 2.05) is 40.6 Å². The van der Waals surface area contributed by atoms with E-state index in [1.165, 1.54) is 12.0 Å². The lowest BCUT2D eigenvalue weighted by Crippen LogP contribution is -2.41. The summed E-state index contributed by atoms with van der Waals surface area (Å²) in [5.41, 5.74) is 4.02. The van der Waals surface area contributed by atoms with Crippen molar-refractivity contribution in [2.24, 2.45) is 0 Å². The van der Waals surface area contributed by atoms with Crippen LogP contribution in [-0.2, 0) is 4.79 Å². The van der Waals surface area contributed by atoms with Crippen molar-refractivity contribution >= 4 is 32.7 Å². The van der Waals surface area contributed by atoms with E-state index in [2.05, 4.69) is 24.2 Å². The number of likely N-dealkylation sites (tertiary alicyclic amines) is 1. The highest BCUT2D eigenvalue weighted by Crippen LogP contribution is 2.32. The maximum Gasteiger partial charge on any atom is 0.242 e. The van der Waals surface area contributed by atoms with Crippen LogP contribution in [0.4, 0.5) is 5.13 Å².